The van der Waals surface area contributed by atoms with Crippen molar-refractivity contribution in [2.24, 2.45) is 0 Å². The Hall–Kier alpha value is -0.770. The molecule has 0 aromatic heterocycles. The van der Waals surface area contributed by atoms with Crippen molar-refractivity contribution in [2.75, 3.05) is 13.1 Å². The van der Waals surface area contributed by atoms with Gasteiger partial charge in [-0.25, -0.2) is 4.79 Å². The number of ether oxygens (including phenoxy) is 1. The second kappa shape index (κ2) is 4.24. The van der Waals surface area contributed by atoms with Crippen LogP contribution >= 0.6 is 0 Å². The van der Waals surface area contributed by atoms with Crippen molar-refractivity contribution in [2.45, 2.75) is 57.7 Å². The van der Waals surface area contributed by atoms with Gasteiger partial charge < -0.3 is 15.0 Å². The maximum atomic E-state index is 11.9. The van der Waals surface area contributed by atoms with E-state index in [0.717, 1.165) is 19.5 Å². The third-order valence-electron chi connectivity index (χ3n) is 3.17. The van der Waals surface area contributed by atoms with Crippen LogP contribution in [0, 0.1) is 0 Å². The zero-order valence-electron chi connectivity index (χ0n) is 10.5. The zero-order valence-corrected chi connectivity index (χ0v) is 10.5. The first-order chi connectivity index (χ1) is 7.44. The summed E-state index contributed by atoms with van der Waals surface area (Å²) in [5.74, 6) is 0. The zero-order chi connectivity index (χ0) is 11.8. The lowest BCUT2D eigenvalue weighted by Gasteiger charge is -2.28. The maximum absolute atomic E-state index is 11.9. The Labute approximate surface area is 97.3 Å². The van der Waals surface area contributed by atoms with Gasteiger partial charge in [0.2, 0.25) is 0 Å². The summed E-state index contributed by atoms with van der Waals surface area (Å²) in [5.41, 5.74) is -0.393. The van der Waals surface area contributed by atoms with Crippen molar-refractivity contribution < 1.29 is 9.53 Å². The normalized spacial score (nSPS) is 30.1. The van der Waals surface area contributed by atoms with Gasteiger partial charge in [0.25, 0.3) is 0 Å². The van der Waals surface area contributed by atoms with Crippen molar-refractivity contribution in [1.29, 1.82) is 0 Å². The Bertz CT molecular complexity index is 273. The Morgan fingerprint density at radius 3 is 2.62 bits per heavy atom. The Kier molecular flexibility index (Phi) is 3.10. The van der Waals surface area contributed by atoms with Crippen molar-refractivity contribution in [3.8, 4) is 0 Å². The fourth-order valence-corrected chi connectivity index (χ4v) is 2.44. The van der Waals surface area contributed by atoms with Crippen molar-refractivity contribution in [3.63, 3.8) is 0 Å². The van der Waals surface area contributed by atoms with Crippen LogP contribution in [0.1, 0.15) is 40.0 Å². The number of amides is 1. The molecule has 4 heteroatoms. The molecule has 2 aliphatic heterocycles. The lowest BCUT2D eigenvalue weighted by Crippen LogP contribution is -2.41. The lowest BCUT2D eigenvalue weighted by atomic mass is 10.1. The highest BCUT2D eigenvalue weighted by molar-refractivity contribution is 5.68. The minimum Gasteiger partial charge on any atom is -0.444 e. The summed E-state index contributed by atoms with van der Waals surface area (Å²) in [5, 5.41) is 3.55. The van der Waals surface area contributed by atoms with Crippen LogP contribution in [0.4, 0.5) is 4.79 Å². The number of carbonyl (C=O) groups is 1. The molecule has 16 heavy (non-hydrogen) atoms. The molecule has 2 saturated heterocycles. The summed E-state index contributed by atoms with van der Waals surface area (Å²) in [6.07, 6.45) is 3.33. The molecule has 0 unspecified atom stereocenters. The minimum atomic E-state index is -0.393. The molecule has 0 saturated carbocycles. The van der Waals surface area contributed by atoms with E-state index in [0.29, 0.717) is 12.1 Å². The van der Waals surface area contributed by atoms with Crippen LogP contribution in [0.15, 0.2) is 0 Å². The van der Waals surface area contributed by atoms with Gasteiger partial charge >= 0.3 is 6.09 Å². The van der Waals surface area contributed by atoms with Gasteiger partial charge in [0.05, 0.1) is 0 Å². The average Bonchev–Trinajstić information content (AvgIpc) is 2.42. The van der Waals surface area contributed by atoms with Crippen LogP contribution in [-0.2, 0) is 4.74 Å². The molecule has 2 rings (SSSR count). The summed E-state index contributed by atoms with van der Waals surface area (Å²) >= 11 is 0. The molecule has 0 aromatic rings. The molecule has 2 atom stereocenters. The summed E-state index contributed by atoms with van der Waals surface area (Å²) in [4.78, 5) is 13.8. The van der Waals surface area contributed by atoms with E-state index in [1.165, 1.54) is 12.8 Å². The van der Waals surface area contributed by atoms with E-state index in [-0.39, 0.29) is 6.09 Å². The molecular formula is C12H22N2O2. The molecule has 0 radical (unpaired) electrons. The largest absolute Gasteiger partial charge is 0.444 e. The van der Waals surface area contributed by atoms with Crippen LogP contribution in [0.25, 0.3) is 0 Å². The first-order valence-corrected chi connectivity index (χ1v) is 6.18. The van der Waals surface area contributed by atoms with E-state index in [9.17, 15) is 4.79 Å². The van der Waals surface area contributed by atoms with E-state index in [1.54, 1.807) is 0 Å². The Morgan fingerprint density at radius 2 is 1.94 bits per heavy atom. The van der Waals surface area contributed by atoms with E-state index in [4.69, 9.17) is 4.74 Å². The molecule has 2 bridgehead atoms. The predicted octanol–water partition coefficient (Wildman–Crippen LogP) is 1.75. The monoisotopic (exact) mass is 226 g/mol. The van der Waals surface area contributed by atoms with Gasteiger partial charge in [-0.15, -0.1) is 0 Å². The van der Waals surface area contributed by atoms with Crippen LogP contribution in [0.3, 0.4) is 0 Å². The van der Waals surface area contributed by atoms with Crippen LogP contribution < -0.4 is 5.32 Å². The maximum Gasteiger partial charge on any atom is 0.410 e. The van der Waals surface area contributed by atoms with E-state index < -0.39 is 5.60 Å². The minimum absolute atomic E-state index is 0.165. The van der Waals surface area contributed by atoms with E-state index in [1.807, 2.05) is 25.7 Å². The van der Waals surface area contributed by atoms with Gasteiger partial charge in [0, 0.05) is 25.2 Å². The second-order valence-electron chi connectivity index (χ2n) is 5.85. The van der Waals surface area contributed by atoms with Gasteiger partial charge in [-0.3, -0.25) is 0 Å². The second-order valence-corrected chi connectivity index (χ2v) is 5.85. The molecule has 1 N–H and O–H groups in total. The summed E-state index contributed by atoms with van der Waals surface area (Å²) < 4.78 is 5.40. The van der Waals surface area contributed by atoms with Crippen molar-refractivity contribution >= 4 is 6.09 Å². The van der Waals surface area contributed by atoms with Gasteiger partial charge in [0.1, 0.15) is 5.60 Å². The van der Waals surface area contributed by atoms with Crippen LogP contribution in [0.5, 0.6) is 0 Å². The summed E-state index contributed by atoms with van der Waals surface area (Å²) in [6.45, 7) is 7.35. The third-order valence-corrected chi connectivity index (χ3v) is 3.17. The predicted molar refractivity (Wildman–Crippen MR) is 62.4 cm³/mol. The van der Waals surface area contributed by atoms with Crippen LogP contribution in [-0.4, -0.2) is 41.8 Å². The topological polar surface area (TPSA) is 41.6 Å². The molecule has 2 heterocycles. The molecule has 92 valence electrons. The quantitative estimate of drug-likeness (QED) is 0.684. The number of likely N-dealkylation sites (tertiary alicyclic amines) is 1. The van der Waals surface area contributed by atoms with E-state index in [2.05, 4.69) is 5.32 Å². The number of rotatable bonds is 0. The smallest absolute Gasteiger partial charge is 0.410 e. The van der Waals surface area contributed by atoms with Gasteiger partial charge in [-0.2, -0.15) is 0 Å². The summed E-state index contributed by atoms with van der Waals surface area (Å²) in [7, 11) is 0. The van der Waals surface area contributed by atoms with Crippen LogP contribution in [0.2, 0.25) is 0 Å². The fourth-order valence-electron chi connectivity index (χ4n) is 2.44. The standard InChI is InChI=1S/C12H22N2O2/c1-12(2,3)16-11(15)14-7-6-9-4-5-10(8-14)13-9/h9-10,13H,4-8H2,1-3H3/t9-,10+/m1/s1. The van der Waals surface area contributed by atoms with Gasteiger partial charge in [-0.1, -0.05) is 0 Å². The molecule has 4 nitrogen and oxygen atoms in total. The molecular weight excluding hydrogens is 204 g/mol. The molecule has 2 aliphatic rings. The fraction of sp³-hybridized carbons (Fsp3) is 0.917. The third kappa shape index (κ3) is 2.88. The number of fused-ring (bicyclic) bond motifs is 2. The SMILES string of the molecule is CC(C)(C)OC(=O)N1CC[C@H]2CC[C@@H](C1)N2. The highest BCUT2D eigenvalue weighted by Crippen LogP contribution is 2.21. The number of carbonyl (C=O) groups excluding carboxylic acids is 1. The molecule has 0 aromatic carbocycles. The lowest BCUT2D eigenvalue weighted by molar-refractivity contribution is 0.0242. The highest BCUT2D eigenvalue weighted by atomic mass is 16.6. The molecule has 0 spiro atoms. The first kappa shape index (κ1) is 11.7. The molecule has 2 fully saturated rings. The number of nitrogens with one attached hydrogen (secondary N) is 1. The Morgan fingerprint density at radius 1 is 1.25 bits per heavy atom. The summed E-state index contributed by atoms with van der Waals surface area (Å²) in [6, 6.07) is 1.08. The van der Waals surface area contributed by atoms with Gasteiger partial charge in [-0.05, 0) is 40.0 Å². The average molecular weight is 226 g/mol. The van der Waals surface area contributed by atoms with Crippen molar-refractivity contribution in [1.82, 2.24) is 10.2 Å². The number of hydrogen-bond donors (Lipinski definition) is 1. The molecule has 0 aliphatic carbocycles. The van der Waals surface area contributed by atoms with Crippen molar-refractivity contribution in [3.05, 3.63) is 0 Å². The number of hydrogen-bond acceptors (Lipinski definition) is 3. The first-order valence-electron chi connectivity index (χ1n) is 6.18. The highest BCUT2D eigenvalue weighted by Gasteiger charge is 2.32. The van der Waals surface area contributed by atoms with E-state index >= 15 is 0 Å². The molecule has 1 amide bonds. The van der Waals surface area contributed by atoms with Gasteiger partial charge in [0.15, 0.2) is 0 Å². The Balaban J connectivity index is 1.92. The number of nitrogens with zero attached hydrogens (tertiary/aromatic N) is 1.